The van der Waals surface area contributed by atoms with Gasteiger partial charge in [-0.15, -0.1) is 0 Å². The lowest BCUT2D eigenvalue weighted by Crippen LogP contribution is -2.47. The van der Waals surface area contributed by atoms with Crippen molar-refractivity contribution in [2.45, 2.75) is 116 Å². The number of carbonyl (C=O) groups excluding carboxylic acids is 3. The first-order valence-electron chi connectivity index (χ1n) is 16.6. The normalized spacial score (nSPS) is 30.9. The number of nitrogens with zero attached hydrogens (tertiary/aromatic N) is 3. The molecule has 6 atom stereocenters. The van der Waals surface area contributed by atoms with E-state index in [1.54, 1.807) is 18.2 Å². The molecule has 3 heterocycles. The molecule has 0 radical (unpaired) electrons. The molecule has 1 aromatic heterocycles. The summed E-state index contributed by atoms with van der Waals surface area (Å²) in [5.74, 6) is -5.22. The second-order valence-electron chi connectivity index (χ2n) is 14.5. The van der Waals surface area contributed by atoms with Crippen molar-refractivity contribution in [3.63, 3.8) is 0 Å². The van der Waals surface area contributed by atoms with E-state index in [2.05, 4.69) is 9.97 Å². The van der Waals surface area contributed by atoms with Gasteiger partial charge in [-0.2, -0.15) is 8.78 Å². The third-order valence-corrected chi connectivity index (χ3v) is 10.4. The maximum atomic E-state index is 16.1. The zero-order valence-electron chi connectivity index (χ0n) is 27.8. The van der Waals surface area contributed by atoms with Gasteiger partial charge in [0.15, 0.2) is 5.69 Å². The van der Waals surface area contributed by atoms with Gasteiger partial charge in [0.1, 0.15) is 23.7 Å². The molecule has 2 fully saturated rings. The number of methoxy groups -OCH3 is 1. The number of halogens is 2. The van der Waals surface area contributed by atoms with Crippen LogP contribution in [-0.4, -0.2) is 64.4 Å². The summed E-state index contributed by atoms with van der Waals surface area (Å²) in [6.07, 6.45) is 3.58. The number of esters is 1. The molecular weight excluding hydrogens is 596 g/mol. The van der Waals surface area contributed by atoms with E-state index >= 15 is 8.78 Å². The van der Waals surface area contributed by atoms with Crippen molar-refractivity contribution >= 4 is 29.2 Å². The molecule has 1 saturated carbocycles. The Labute approximate surface area is 269 Å². The number of fused-ring (bicyclic) bond motifs is 5. The predicted octanol–water partition coefficient (Wildman–Crippen LogP) is 6.64. The van der Waals surface area contributed by atoms with Crippen LogP contribution in [0.1, 0.15) is 98.1 Å². The van der Waals surface area contributed by atoms with Gasteiger partial charge in [0.2, 0.25) is 11.8 Å². The summed E-state index contributed by atoms with van der Waals surface area (Å²) in [7, 11) is 1.50. The molecule has 2 aromatic rings. The van der Waals surface area contributed by atoms with Crippen molar-refractivity contribution in [2.75, 3.05) is 13.7 Å². The number of benzene rings is 1. The number of carbonyl (C=O) groups is 3. The molecule has 3 aliphatic rings. The van der Waals surface area contributed by atoms with Gasteiger partial charge < -0.3 is 23.9 Å². The fourth-order valence-corrected chi connectivity index (χ4v) is 7.63. The lowest BCUT2D eigenvalue weighted by molar-refractivity contribution is -0.167. The van der Waals surface area contributed by atoms with Crippen molar-refractivity contribution in [3.05, 3.63) is 23.9 Å². The number of amides is 1. The molecule has 0 spiro atoms. The van der Waals surface area contributed by atoms with Gasteiger partial charge in [0.05, 0.1) is 43.1 Å². The lowest BCUT2D eigenvalue weighted by atomic mass is 9.77. The average molecular weight is 644 g/mol. The topological polar surface area (TPSA) is 108 Å². The van der Waals surface area contributed by atoms with Crippen LogP contribution in [0.25, 0.3) is 11.0 Å². The molecule has 1 saturated heterocycles. The molecule has 5 rings (SSSR count). The monoisotopic (exact) mass is 643 g/mol. The van der Waals surface area contributed by atoms with Crippen LogP contribution < -0.4 is 9.47 Å². The highest BCUT2D eigenvalue weighted by atomic mass is 19.3. The van der Waals surface area contributed by atoms with Gasteiger partial charge in [-0.3, -0.25) is 9.59 Å². The summed E-state index contributed by atoms with van der Waals surface area (Å²) in [5, 5.41) is 0. The Bertz CT molecular complexity index is 1460. The standard InChI is InChI=1S/C35H47F2N3O6/c1-7-23-27(20-41)40-19-28(23)45-31-30(38-25-14-13-22(44-6)17-26(25)39-31)35(36,37)16-9-8-11-21-12-10-15-34(21,5)46-29(42)18-24(32(40)43)33(2,3)4/h13-14,17,20-21,23-24,27-28H,7-12,15-16,18-19H2,1-6H3/t21-,23+,24-,27-,28+,34-/m1/s1. The van der Waals surface area contributed by atoms with Gasteiger partial charge in [-0.05, 0) is 68.9 Å². The van der Waals surface area contributed by atoms with Gasteiger partial charge in [0, 0.05) is 18.4 Å². The Balaban J connectivity index is 1.60. The molecule has 11 heteroatoms. The molecule has 9 nitrogen and oxygen atoms in total. The number of rotatable bonds is 3. The number of hydrogen-bond acceptors (Lipinski definition) is 8. The fourth-order valence-electron chi connectivity index (χ4n) is 7.63. The van der Waals surface area contributed by atoms with Gasteiger partial charge in [0.25, 0.3) is 5.92 Å². The lowest BCUT2D eigenvalue weighted by Gasteiger charge is -2.36. The second-order valence-corrected chi connectivity index (χ2v) is 14.5. The molecule has 2 aliphatic heterocycles. The third kappa shape index (κ3) is 6.69. The Morgan fingerprint density at radius 3 is 2.50 bits per heavy atom. The minimum atomic E-state index is -3.36. The van der Waals surface area contributed by atoms with Crippen LogP contribution in [0, 0.1) is 23.2 Å². The Morgan fingerprint density at radius 1 is 1.09 bits per heavy atom. The molecule has 0 unspecified atom stereocenters. The van der Waals surface area contributed by atoms with E-state index < -0.39 is 59.0 Å². The molecule has 1 aliphatic carbocycles. The minimum absolute atomic E-state index is 0.0228. The van der Waals surface area contributed by atoms with Crippen molar-refractivity contribution < 1.29 is 37.4 Å². The Hall–Kier alpha value is -3.37. The highest BCUT2D eigenvalue weighted by Gasteiger charge is 2.50. The first-order valence-corrected chi connectivity index (χ1v) is 16.6. The quantitative estimate of drug-likeness (QED) is 0.271. The van der Waals surface area contributed by atoms with E-state index in [0.717, 1.165) is 12.8 Å². The number of aromatic nitrogens is 2. The molecule has 252 valence electrons. The first kappa shape index (κ1) is 34.0. The molecule has 46 heavy (non-hydrogen) atoms. The number of ether oxygens (including phenoxy) is 3. The summed E-state index contributed by atoms with van der Waals surface area (Å²) in [6.45, 7) is 9.43. The van der Waals surface area contributed by atoms with Gasteiger partial charge in [-0.1, -0.05) is 34.1 Å². The average Bonchev–Trinajstić information content (AvgIpc) is 3.54. The van der Waals surface area contributed by atoms with Gasteiger partial charge in [-0.25, -0.2) is 9.97 Å². The summed E-state index contributed by atoms with van der Waals surface area (Å²) in [5.41, 5.74) is -1.30. The third-order valence-electron chi connectivity index (χ3n) is 10.4. The van der Waals surface area contributed by atoms with Crippen molar-refractivity contribution in [2.24, 2.45) is 23.2 Å². The van der Waals surface area contributed by atoms with Crippen LogP contribution in [0.2, 0.25) is 0 Å². The summed E-state index contributed by atoms with van der Waals surface area (Å²) >= 11 is 0. The predicted molar refractivity (Wildman–Crippen MR) is 168 cm³/mol. The van der Waals surface area contributed by atoms with E-state index in [9.17, 15) is 14.4 Å². The van der Waals surface area contributed by atoms with E-state index in [0.29, 0.717) is 43.2 Å². The van der Waals surface area contributed by atoms with Crippen molar-refractivity contribution in [1.82, 2.24) is 14.9 Å². The fraction of sp³-hybridized carbons (Fsp3) is 0.686. The Kier molecular flexibility index (Phi) is 9.62. The number of hydrogen-bond donors (Lipinski definition) is 0. The van der Waals surface area contributed by atoms with Crippen molar-refractivity contribution in [3.8, 4) is 11.6 Å². The molecule has 0 N–H and O–H groups in total. The summed E-state index contributed by atoms with van der Waals surface area (Å²) in [6, 6.07) is 3.98. The van der Waals surface area contributed by atoms with E-state index in [-0.39, 0.29) is 42.6 Å². The smallest absolute Gasteiger partial charge is 0.307 e. The number of alkyl halides is 2. The first-order chi connectivity index (χ1) is 21.7. The van der Waals surface area contributed by atoms with Crippen LogP contribution in [-0.2, 0) is 25.0 Å². The van der Waals surface area contributed by atoms with E-state index in [1.165, 1.54) is 12.0 Å². The van der Waals surface area contributed by atoms with E-state index in [1.807, 2.05) is 34.6 Å². The molecule has 2 bridgehead atoms. The van der Waals surface area contributed by atoms with Crippen LogP contribution in [0.3, 0.4) is 0 Å². The van der Waals surface area contributed by atoms with Crippen LogP contribution in [0.4, 0.5) is 8.78 Å². The van der Waals surface area contributed by atoms with Gasteiger partial charge >= 0.3 is 5.97 Å². The SMILES string of the molecule is CC[C@@H]1[C@@H]2CN(C(=O)[C@H](C(C)(C)C)CC(=O)O[C@]3(C)CCC[C@H]3CCCCC(F)(F)c3nc4ccc(OC)cc4nc3O2)[C@@H]1C=O. The summed E-state index contributed by atoms with van der Waals surface area (Å²) in [4.78, 5) is 50.6. The molecule has 1 aromatic carbocycles. The van der Waals surface area contributed by atoms with Crippen LogP contribution in [0.5, 0.6) is 11.6 Å². The largest absolute Gasteiger partial charge is 0.497 e. The van der Waals surface area contributed by atoms with E-state index in [4.69, 9.17) is 14.2 Å². The highest BCUT2D eigenvalue weighted by molar-refractivity contribution is 5.87. The second kappa shape index (κ2) is 13.0. The Morgan fingerprint density at radius 2 is 1.83 bits per heavy atom. The van der Waals surface area contributed by atoms with Crippen LogP contribution >= 0.6 is 0 Å². The zero-order valence-corrected chi connectivity index (χ0v) is 27.8. The summed E-state index contributed by atoms with van der Waals surface area (Å²) < 4.78 is 50.0. The molecule has 1 amide bonds. The maximum Gasteiger partial charge on any atom is 0.307 e. The molecular formula is C35H47F2N3O6. The number of aldehydes is 1. The van der Waals surface area contributed by atoms with Crippen LogP contribution in [0.15, 0.2) is 18.2 Å². The van der Waals surface area contributed by atoms with Crippen molar-refractivity contribution in [1.29, 1.82) is 0 Å². The highest BCUT2D eigenvalue weighted by Crippen LogP contribution is 2.45. The maximum absolute atomic E-state index is 16.1. The zero-order chi connectivity index (χ0) is 33.4. The minimum Gasteiger partial charge on any atom is -0.497 e.